The van der Waals surface area contributed by atoms with Crippen molar-refractivity contribution in [1.29, 1.82) is 0 Å². The molecule has 0 radical (unpaired) electrons. The van der Waals surface area contributed by atoms with Crippen LogP contribution in [0.25, 0.3) is 28.0 Å². The van der Waals surface area contributed by atoms with Gasteiger partial charge in [-0.25, -0.2) is 9.78 Å². The van der Waals surface area contributed by atoms with Crippen LogP contribution >= 0.6 is 0 Å². The number of aliphatic hydroxyl groups is 1. The Morgan fingerprint density at radius 3 is 2.59 bits per heavy atom. The molecule has 0 bridgehead atoms. The van der Waals surface area contributed by atoms with E-state index in [2.05, 4.69) is 15.1 Å². The molecule has 0 saturated heterocycles. The van der Waals surface area contributed by atoms with Gasteiger partial charge in [0.15, 0.2) is 0 Å². The first-order valence-electron chi connectivity index (χ1n) is 11.8. The molecule has 0 spiro atoms. The number of nitrogens with zero attached hydrogens (tertiary/aromatic N) is 4. The molecular weight excluding hydrogens is 425 g/mol. The van der Waals surface area contributed by atoms with Crippen molar-refractivity contribution in [2.75, 3.05) is 5.73 Å². The summed E-state index contributed by atoms with van der Waals surface area (Å²) >= 11 is 0. The lowest BCUT2D eigenvalue weighted by Crippen LogP contribution is -2.28. The number of anilines is 1. The highest BCUT2D eigenvalue weighted by Gasteiger charge is 2.30. The molecule has 4 N–H and O–H groups in total. The van der Waals surface area contributed by atoms with E-state index >= 15 is 0 Å². The molecule has 32 heavy (non-hydrogen) atoms. The third kappa shape index (κ3) is 4.06. The number of aromatic nitrogens is 5. The number of rotatable bonds is 5. The summed E-state index contributed by atoms with van der Waals surface area (Å²) in [5, 5.41) is 13.7. The molecule has 0 atom stereocenters. The quantitative estimate of drug-likeness (QED) is 0.485. The Morgan fingerprint density at radius 1 is 1.22 bits per heavy atom. The molecule has 3 heterocycles. The second-order valence-electron chi connectivity index (χ2n) is 6.94. The minimum absolute atomic E-state index is 0.00999. The van der Waals surface area contributed by atoms with Crippen molar-refractivity contribution in [3.05, 3.63) is 64.2 Å². The molecule has 0 amide bonds. The number of nitrogens with one attached hydrogen (secondary N) is 1. The third-order valence-electron chi connectivity index (χ3n) is 4.62. The second-order valence-corrected chi connectivity index (χ2v) is 6.94. The predicted octanol–water partition coefficient (Wildman–Crippen LogP) is 2.37. The minimum Gasteiger partial charge on any atom is -0.390 e. The third-order valence-corrected chi connectivity index (χ3v) is 4.62. The zero-order chi connectivity index (χ0) is 27.4. The average Bonchev–Trinajstić information content (AvgIpc) is 3.16. The number of benzene rings is 1. The van der Waals surface area contributed by atoms with Crippen molar-refractivity contribution >= 4 is 11.6 Å². The Bertz CT molecular complexity index is 1590. The van der Waals surface area contributed by atoms with E-state index in [9.17, 15) is 23.1 Å². The molecule has 11 heteroatoms. The maximum atomic E-state index is 13.0. The van der Waals surface area contributed by atoms with Crippen molar-refractivity contribution in [2.45, 2.75) is 32.7 Å². The van der Waals surface area contributed by atoms with Crippen LogP contribution in [0.1, 0.15) is 24.7 Å². The van der Waals surface area contributed by atoms with Crippen molar-refractivity contribution in [1.82, 2.24) is 19.2 Å². The largest absolute Gasteiger partial charge is 0.411 e. The number of hydrogen-bond acceptors (Lipinski definition) is 5. The van der Waals surface area contributed by atoms with Crippen LogP contribution < -0.4 is 16.4 Å². The Balaban J connectivity index is 2.17. The topological polar surface area (TPSA) is 113 Å². The Morgan fingerprint density at radius 2 is 1.94 bits per heavy atom. The number of pyridine rings is 1. The number of aryl methyl sites for hydroxylation is 2. The SMILES string of the molecule is [2H]c1c([2H])c([2H])c(-c2[nH+]c(N)n3c(=O)n(CCC(F)(F)F)nc3c2-c2cc(C)nc(CO)c2)c([2H])c1[2H]. The Labute approximate surface area is 186 Å². The van der Waals surface area contributed by atoms with Gasteiger partial charge in [0.25, 0.3) is 0 Å². The molecule has 0 fully saturated rings. The van der Waals surface area contributed by atoms with Gasteiger partial charge in [-0.05, 0) is 24.6 Å². The lowest BCUT2D eigenvalue weighted by Gasteiger charge is -2.10. The van der Waals surface area contributed by atoms with E-state index in [4.69, 9.17) is 12.6 Å². The fraction of sp³-hybridized carbons (Fsp3) is 0.238. The van der Waals surface area contributed by atoms with E-state index < -0.39 is 67.6 Å². The highest BCUT2D eigenvalue weighted by Crippen LogP contribution is 2.33. The summed E-state index contributed by atoms with van der Waals surface area (Å²) in [5.41, 5.74) is 5.33. The van der Waals surface area contributed by atoms with Crippen LogP contribution in [0.3, 0.4) is 0 Å². The van der Waals surface area contributed by atoms with Crippen LogP contribution in [-0.4, -0.2) is 30.4 Å². The van der Waals surface area contributed by atoms with Crippen LogP contribution in [0.5, 0.6) is 0 Å². The highest BCUT2D eigenvalue weighted by atomic mass is 19.4. The first kappa shape index (κ1) is 16.0. The normalized spacial score (nSPS) is 14.1. The first-order valence-corrected chi connectivity index (χ1v) is 9.32. The van der Waals surface area contributed by atoms with Crippen LogP contribution in [-0.2, 0) is 13.2 Å². The number of nitrogens with two attached hydrogens (primary N) is 1. The van der Waals surface area contributed by atoms with Gasteiger partial charge in [-0.1, -0.05) is 30.2 Å². The summed E-state index contributed by atoms with van der Waals surface area (Å²) in [6.07, 6.45) is -5.90. The molecule has 8 nitrogen and oxygen atoms in total. The average molecular weight is 450 g/mol. The van der Waals surface area contributed by atoms with E-state index in [1.165, 1.54) is 12.1 Å². The number of fused-ring (bicyclic) bond motifs is 1. The summed E-state index contributed by atoms with van der Waals surface area (Å²) < 4.78 is 80.8. The van der Waals surface area contributed by atoms with E-state index in [1.54, 1.807) is 6.92 Å². The van der Waals surface area contributed by atoms with Crippen molar-refractivity contribution in [3.63, 3.8) is 0 Å². The molecule has 0 unspecified atom stereocenters. The molecule has 166 valence electrons. The molecule has 0 aliphatic heterocycles. The van der Waals surface area contributed by atoms with Gasteiger partial charge in [0, 0.05) is 11.3 Å². The van der Waals surface area contributed by atoms with Gasteiger partial charge in [-0.2, -0.15) is 17.9 Å². The smallest absolute Gasteiger partial charge is 0.390 e. The number of aliphatic hydroxyl groups excluding tert-OH is 1. The van der Waals surface area contributed by atoms with Gasteiger partial charge in [0.05, 0.1) is 37.7 Å². The molecule has 0 saturated carbocycles. The fourth-order valence-electron chi connectivity index (χ4n) is 3.32. The Kier molecular flexibility index (Phi) is 4.03. The lowest BCUT2D eigenvalue weighted by molar-refractivity contribution is -0.351. The maximum absolute atomic E-state index is 13.0. The highest BCUT2D eigenvalue weighted by molar-refractivity contribution is 5.88. The zero-order valence-corrected chi connectivity index (χ0v) is 16.6. The van der Waals surface area contributed by atoms with E-state index in [0.29, 0.717) is 10.4 Å². The molecule has 4 rings (SSSR count). The minimum atomic E-state index is -4.56. The summed E-state index contributed by atoms with van der Waals surface area (Å²) in [6.45, 7) is 0.337. The van der Waals surface area contributed by atoms with Crippen LogP contribution in [0.15, 0.2) is 47.1 Å². The predicted molar refractivity (Wildman–Crippen MR) is 110 cm³/mol. The van der Waals surface area contributed by atoms with Gasteiger partial charge in [0.2, 0.25) is 5.65 Å². The van der Waals surface area contributed by atoms with E-state index in [1.807, 2.05) is 0 Å². The molecular formula is C21H20F3N6O2+. The summed E-state index contributed by atoms with van der Waals surface area (Å²) in [7, 11) is 0. The number of nitrogen functional groups attached to an aromatic ring is 1. The fourth-order valence-corrected chi connectivity index (χ4v) is 3.32. The molecule has 0 aliphatic rings. The molecule has 3 aromatic heterocycles. The van der Waals surface area contributed by atoms with E-state index in [0.717, 1.165) is 4.40 Å². The summed E-state index contributed by atoms with van der Waals surface area (Å²) in [6, 6.07) is -0.128. The van der Waals surface area contributed by atoms with Crippen molar-refractivity contribution < 1.29 is 30.1 Å². The van der Waals surface area contributed by atoms with Gasteiger partial charge >= 0.3 is 17.8 Å². The van der Waals surface area contributed by atoms with Crippen LogP contribution in [0, 0.1) is 6.92 Å². The van der Waals surface area contributed by atoms with Crippen LogP contribution in [0.4, 0.5) is 19.1 Å². The van der Waals surface area contributed by atoms with E-state index in [-0.39, 0.29) is 33.7 Å². The van der Waals surface area contributed by atoms with Gasteiger partial charge in [-0.3, -0.25) is 10.7 Å². The monoisotopic (exact) mass is 450 g/mol. The number of H-pyrrole nitrogens is 1. The zero-order valence-electron chi connectivity index (χ0n) is 21.6. The van der Waals surface area contributed by atoms with Crippen molar-refractivity contribution in [3.8, 4) is 22.4 Å². The summed E-state index contributed by atoms with van der Waals surface area (Å²) in [4.78, 5) is 19.8. The molecule has 1 aromatic carbocycles. The van der Waals surface area contributed by atoms with Gasteiger partial charge in [-0.15, -0.1) is 9.50 Å². The number of aromatic amines is 1. The van der Waals surface area contributed by atoms with Gasteiger partial charge < -0.3 is 5.11 Å². The first-order chi connectivity index (χ1) is 17.2. The summed E-state index contributed by atoms with van der Waals surface area (Å²) in [5.74, 6) is -0.392. The standard InChI is InChI=1S/C21H19F3N6O2/c1-12-9-14(10-15(11-31)26-12)16-17(13-5-3-2-4-6-13)27-19(25)30-18(16)28-29(20(30)32)8-7-21(22,23)24/h2-6,9-10,31H,7-8,11H2,1H3,(H2,25,27)/p+1/i2D,3D,4D,5D,6D. The van der Waals surface area contributed by atoms with Crippen LogP contribution in [0.2, 0.25) is 0 Å². The molecule has 4 aromatic rings. The second kappa shape index (κ2) is 8.08. The lowest BCUT2D eigenvalue weighted by atomic mass is 9.99. The van der Waals surface area contributed by atoms with Crippen molar-refractivity contribution in [2.24, 2.45) is 0 Å². The number of hydrogen-bond donors (Lipinski definition) is 2. The maximum Gasteiger partial charge on any atom is 0.411 e. The van der Waals surface area contributed by atoms with Gasteiger partial charge in [0.1, 0.15) is 5.69 Å². The molecule has 0 aliphatic carbocycles. The number of halogens is 3. The number of alkyl halides is 3. The Hall–Kier alpha value is -3.73.